The maximum absolute atomic E-state index is 6.25. The lowest BCUT2D eigenvalue weighted by molar-refractivity contribution is 0.169. The number of hydrogen-bond acceptors (Lipinski definition) is 4. The maximum atomic E-state index is 6.25. The predicted octanol–water partition coefficient (Wildman–Crippen LogP) is 3.26. The molecule has 1 aromatic carbocycles. The zero-order chi connectivity index (χ0) is 18.4. The van der Waals surface area contributed by atoms with Crippen LogP contribution in [0.2, 0.25) is 10.0 Å². The van der Waals surface area contributed by atoms with Crippen LogP contribution in [0.25, 0.3) is 0 Å². The van der Waals surface area contributed by atoms with Gasteiger partial charge in [0.2, 0.25) is 0 Å². The van der Waals surface area contributed by atoms with E-state index in [1.165, 1.54) is 0 Å². The lowest BCUT2D eigenvalue weighted by Gasteiger charge is -2.36. The summed E-state index contributed by atoms with van der Waals surface area (Å²) in [6.45, 7) is 7.99. The number of aromatic nitrogens is 1. The van der Waals surface area contributed by atoms with E-state index < -0.39 is 0 Å². The summed E-state index contributed by atoms with van der Waals surface area (Å²) in [4.78, 5) is 9.41. The Morgan fingerprint density at radius 3 is 2.69 bits per heavy atom. The minimum Gasteiger partial charge on any atom is -0.364 e. The standard InChI is InChI=1S/C18H23Cl2N5O/c1-2-21-18(22-12-14-3-4-15(19)11-17(14)20)25-8-6-24(7-9-25)13-16-5-10-26-23-16/h3-5,10-11H,2,6-9,12-13H2,1H3,(H,21,22). The molecule has 8 heteroatoms. The number of halogens is 2. The molecule has 6 nitrogen and oxygen atoms in total. The molecule has 26 heavy (non-hydrogen) atoms. The van der Waals surface area contributed by atoms with E-state index in [1.54, 1.807) is 12.3 Å². The van der Waals surface area contributed by atoms with E-state index in [1.807, 2.05) is 18.2 Å². The van der Waals surface area contributed by atoms with Crippen molar-refractivity contribution in [2.75, 3.05) is 32.7 Å². The minimum absolute atomic E-state index is 0.525. The van der Waals surface area contributed by atoms with Crippen molar-refractivity contribution in [1.82, 2.24) is 20.3 Å². The molecule has 1 aliphatic rings. The van der Waals surface area contributed by atoms with Gasteiger partial charge < -0.3 is 14.7 Å². The van der Waals surface area contributed by atoms with Gasteiger partial charge in [-0.3, -0.25) is 4.90 Å². The molecule has 0 aliphatic carbocycles. The second-order valence-corrected chi connectivity index (χ2v) is 7.00. The van der Waals surface area contributed by atoms with Crippen molar-refractivity contribution >= 4 is 29.2 Å². The highest BCUT2D eigenvalue weighted by atomic mass is 35.5. The Bertz CT molecular complexity index is 727. The second-order valence-electron chi connectivity index (χ2n) is 6.16. The molecular formula is C18H23Cl2N5O. The molecule has 0 unspecified atom stereocenters. The quantitative estimate of drug-likeness (QED) is 0.621. The van der Waals surface area contributed by atoms with E-state index in [0.29, 0.717) is 16.6 Å². The van der Waals surface area contributed by atoms with Gasteiger partial charge in [0.1, 0.15) is 6.26 Å². The van der Waals surface area contributed by atoms with Gasteiger partial charge in [0.05, 0.1) is 12.2 Å². The molecule has 0 bridgehead atoms. The Morgan fingerprint density at radius 1 is 1.23 bits per heavy atom. The highest BCUT2D eigenvalue weighted by Gasteiger charge is 2.20. The summed E-state index contributed by atoms with van der Waals surface area (Å²) in [7, 11) is 0. The highest BCUT2D eigenvalue weighted by molar-refractivity contribution is 6.35. The summed E-state index contributed by atoms with van der Waals surface area (Å²) in [5.74, 6) is 0.916. The van der Waals surface area contributed by atoms with Gasteiger partial charge in [0.15, 0.2) is 5.96 Å². The van der Waals surface area contributed by atoms with Gasteiger partial charge in [0, 0.05) is 55.4 Å². The number of rotatable bonds is 5. The van der Waals surface area contributed by atoms with Crippen LogP contribution in [0.1, 0.15) is 18.2 Å². The van der Waals surface area contributed by atoms with Gasteiger partial charge in [-0.2, -0.15) is 0 Å². The second kappa shape index (κ2) is 9.26. The fourth-order valence-corrected chi connectivity index (χ4v) is 3.37. The molecule has 1 saturated heterocycles. The van der Waals surface area contributed by atoms with Crippen LogP contribution in [0.3, 0.4) is 0 Å². The molecule has 0 atom stereocenters. The summed E-state index contributed by atoms with van der Waals surface area (Å²) in [6, 6.07) is 7.43. The molecule has 3 rings (SSSR count). The normalized spacial score (nSPS) is 16.1. The summed E-state index contributed by atoms with van der Waals surface area (Å²) in [5, 5.41) is 8.64. The van der Waals surface area contributed by atoms with E-state index in [2.05, 4.69) is 27.2 Å². The third kappa shape index (κ3) is 5.13. The van der Waals surface area contributed by atoms with E-state index >= 15 is 0 Å². The van der Waals surface area contributed by atoms with Crippen LogP contribution < -0.4 is 5.32 Å². The van der Waals surface area contributed by atoms with Crippen molar-refractivity contribution in [1.29, 1.82) is 0 Å². The van der Waals surface area contributed by atoms with Gasteiger partial charge in [-0.05, 0) is 24.6 Å². The first-order chi connectivity index (χ1) is 12.7. The average molecular weight is 396 g/mol. The van der Waals surface area contributed by atoms with Crippen molar-refractivity contribution in [3.05, 3.63) is 51.8 Å². The molecule has 0 spiro atoms. The zero-order valence-corrected chi connectivity index (χ0v) is 16.3. The predicted molar refractivity (Wildman–Crippen MR) is 105 cm³/mol. The van der Waals surface area contributed by atoms with Crippen LogP contribution in [-0.2, 0) is 13.1 Å². The van der Waals surface area contributed by atoms with Gasteiger partial charge in [-0.1, -0.05) is 34.4 Å². The summed E-state index contributed by atoms with van der Waals surface area (Å²) >= 11 is 12.2. The van der Waals surface area contributed by atoms with Gasteiger partial charge >= 0.3 is 0 Å². The molecule has 1 aliphatic heterocycles. The van der Waals surface area contributed by atoms with Gasteiger partial charge in [-0.25, -0.2) is 4.99 Å². The average Bonchev–Trinajstić information content (AvgIpc) is 3.14. The maximum Gasteiger partial charge on any atom is 0.194 e. The van der Waals surface area contributed by atoms with Crippen LogP contribution in [0.15, 0.2) is 40.0 Å². The van der Waals surface area contributed by atoms with Crippen molar-refractivity contribution in [3.63, 3.8) is 0 Å². The Labute approximate surface area is 163 Å². The Kier molecular flexibility index (Phi) is 6.77. The molecule has 2 aromatic rings. The fraction of sp³-hybridized carbons (Fsp3) is 0.444. The molecule has 1 aromatic heterocycles. The Balaban J connectivity index is 1.59. The van der Waals surface area contributed by atoms with Crippen molar-refractivity contribution in [2.24, 2.45) is 4.99 Å². The number of hydrogen-bond donors (Lipinski definition) is 1. The molecule has 0 amide bonds. The van der Waals surface area contributed by atoms with Crippen molar-refractivity contribution in [3.8, 4) is 0 Å². The number of aliphatic imine (C=N–C) groups is 1. The molecule has 1 N–H and O–H groups in total. The minimum atomic E-state index is 0.525. The van der Waals surface area contributed by atoms with Gasteiger partial charge in [0.25, 0.3) is 0 Å². The molecule has 1 fully saturated rings. The monoisotopic (exact) mass is 395 g/mol. The summed E-state index contributed by atoms with van der Waals surface area (Å²) in [5.41, 5.74) is 1.94. The SMILES string of the molecule is CCNC(=NCc1ccc(Cl)cc1Cl)N1CCN(Cc2ccon2)CC1. The van der Waals surface area contributed by atoms with Crippen LogP contribution in [0, 0.1) is 0 Å². The van der Waals surface area contributed by atoms with Crippen LogP contribution in [-0.4, -0.2) is 53.6 Å². The van der Waals surface area contributed by atoms with Crippen molar-refractivity contribution < 1.29 is 4.52 Å². The number of nitrogens with zero attached hydrogens (tertiary/aromatic N) is 4. The molecule has 0 radical (unpaired) electrons. The van der Waals surface area contributed by atoms with E-state index in [9.17, 15) is 0 Å². The number of guanidine groups is 1. The van der Waals surface area contributed by atoms with Crippen molar-refractivity contribution in [2.45, 2.75) is 20.0 Å². The lowest BCUT2D eigenvalue weighted by Crippen LogP contribution is -2.52. The van der Waals surface area contributed by atoms with E-state index in [0.717, 1.165) is 56.5 Å². The molecule has 0 saturated carbocycles. The summed E-state index contributed by atoms with van der Waals surface area (Å²) < 4.78 is 4.90. The van der Waals surface area contributed by atoms with Crippen LogP contribution >= 0.6 is 23.2 Å². The first kappa shape index (κ1) is 19.0. The van der Waals surface area contributed by atoms with E-state index in [-0.39, 0.29) is 0 Å². The third-order valence-corrected chi connectivity index (χ3v) is 4.88. The third-order valence-electron chi connectivity index (χ3n) is 4.30. The summed E-state index contributed by atoms with van der Waals surface area (Å²) in [6.07, 6.45) is 1.61. The Hall–Kier alpha value is -1.76. The topological polar surface area (TPSA) is 56.9 Å². The first-order valence-corrected chi connectivity index (χ1v) is 9.50. The molecule has 2 heterocycles. The molecular weight excluding hydrogens is 373 g/mol. The number of benzene rings is 1. The smallest absolute Gasteiger partial charge is 0.194 e. The van der Waals surface area contributed by atoms with E-state index in [4.69, 9.17) is 32.7 Å². The largest absolute Gasteiger partial charge is 0.364 e. The van der Waals surface area contributed by atoms with Crippen LogP contribution in [0.4, 0.5) is 0 Å². The first-order valence-electron chi connectivity index (χ1n) is 8.74. The number of piperazine rings is 1. The van der Waals surface area contributed by atoms with Crippen LogP contribution in [0.5, 0.6) is 0 Å². The highest BCUT2D eigenvalue weighted by Crippen LogP contribution is 2.21. The molecule has 140 valence electrons. The van der Waals surface area contributed by atoms with Gasteiger partial charge in [-0.15, -0.1) is 0 Å². The zero-order valence-electron chi connectivity index (χ0n) is 14.8. The fourth-order valence-electron chi connectivity index (χ4n) is 2.90. The Morgan fingerprint density at radius 2 is 2.04 bits per heavy atom. The lowest BCUT2D eigenvalue weighted by atomic mass is 10.2. The number of nitrogens with one attached hydrogen (secondary N) is 1.